The van der Waals surface area contributed by atoms with E-state index < -0.39 is 0 Å². The first-order chi connectivity index (χ1) is 14.6. The normalized spacial score (nSPS) is 11.0. The molecule has 0 atom stereocenters. The molecule has 0 bridgehead atoms. The molecule has 0 saturated carbocycles. The fourth-order valence-corrected chi connectivity index (χ4v) is 3.51. The van der Waals surface area contributed by atoms with Crippen LogP contribution >= 0.6 is 0 Å². The molecule has 0 fully saturated rings. The summed E-state index contributed by atoms with van der Waals surface area (Å²) >= 11 is 0. The number of nitrogen functional groups attached to an aromatic ring is 1. The molecule has 4 aromatic rings. The largest absolute Gasteiger partial charge is 0.369 e. The lowest BCUT2D eigenvalue weighted by Crippen LogP contribution is -2.23. The Labute approximate surface area is 174 Å². The molecule has 2 aromatic heterocycles. The summed E-state index contributed by atoms with van der Waals surface area (Å²) in [6.45, 7) is 4.37. The van der Waals surface area contributed by atoms with Gasteiger partial charge in [-0.1, -0.05) is 30.3 Å². The van der Waals surface area contributed by atoms with E-state index in [1.54, 1.807) is 6.20 Å². The van der Waals surface area contributed by atoms with Gasteiger partial charge in [0.1, 0.15) is 11.6 Å². The standard InChI is InChI=1S/C22H24FN7/c1-2-30(14-15-7-9-17(23)10-8-15)19-6-4-3-5-16(19)11-12-25-20-18-13-26-29-21(18)28-22(24)27-20/h3-10,13H,2,11-12,14H2,1H3,(H4,24,25,26,27,28,29). The van der Waals surface area contributed by atoms with Crippen LogP contribution in [-0.2, 0) is 13.0 Å². The van der Waals surface area contributed by atoms with Gasteiger partial charge in [-0.15, -0.1) is 0 Å². The highest BCUT2D eigenvalue weighted by molar-refractivity contribution is 5.86. The number of rotatable bonds is 8. The van der Waals surface area contributed by atoms with Gasteiger partial charge in [-0.2, -0.15) is 15.1 Å². The molecule has 8 heteroatoms. The first-order valence-corrected chi connectivity index (χ1v) is 9.92. The number of nitrogens with one attached hydrogen (secondary N) is 2. The van der Waals surface area contributed by atoms with Crippen molar-refractivity contribution < 1.29 is 4.39 Å². The minimum absolute atomic E-state index is 0.200. The van der Waals surface area contributed by atoms with Crippen LogP contribution in [0.4, 0.5) is 21.8 Å². The van der Waals surface area contributed by atoms with Gasteiger partial charge in [-0.25, -0.2) is 4.39 Å². The van der Waals surface area contributed by atoms with Crippen molar-refractivity contribution in [2.45, 2.75) is 19.9 Å². The molecule has 0 spiro atoms. The summed E-state index contributed by atoms with van der Waals surface area (Å²) in [6.07, 6.45) is 2.49. The van der Waals surface area contributed by atoms with Crippen molar-refractivity contribution in [1.82, 2.24) is 20.2 Å². The van der Waals surface area contributed by atoms with Gasteiger partial charge in [-0.05, 0) is 42.7 Å². The third-order valence-corrected chi connectivity index (χ3v) is 5.01. The van der Waals surface area contributed by atoms with Crippen LogP contribution in [0.15, 0.2) is 54.7 Å². The molecule has 0 aliphatic carbocycles. The fourth-order valence-electron chi connectivity index (χ4n) is 3.51. The van der Waals surface area contributed by atoms with Gasteiger partial charge >= 0.3 is 0 Å². The van der Waals surface area contributed by atoms with Crippen LogP contribution in [0, 0.1) is 5.82 Å². The monoisotopic (exact) mass is 405 g/mol. The van der Waals surface area contributed by atoms with Crippen LogP contribution in [0.3, 0.4) is 0 Å². The molecule has 0 unspecified atom stereocenters. The topological polar surface area (TPSA) is 95.7 Å². The Hall–Kier alpha value is -3.68. The van der Waals surface area contributed by atoms with E-state index in [-0.39, 0.29) is 11.8 Å². The highest BCUT2D eigenvalue weighted by atomic mass is 19.1. The number of hydrogen-bond acceptors (Lipinski definition) is 6. The Morgan fingerprint density at radius 2 is 1.90 bits per heavy atom. The van der Waals surface area contributed by atoms with Gasteiger partial charge in [0.2, 0.25) is 5.95 Å². The number of nitrogens with zero attached hydrogens (tertiary/aromatic N) is 4. The predicted molar refractivity (Wildman–Crippen MR) is 118 cm³/mol. The number of anilines is 3. The van der Waals surface area contributed by atoms with Gasteiger partial charge in [-0.3, -0.25) is 5.10 Å². The summed E-state index contributed by atoms with van der Waals surface area (Å²) < 4.78 is 13.2. The van der Waals surface area contributed by atoms with Crippen LogP contribution < -0.4 is 16.0 Å². The second-order valence-electron chi connectivity index (χ2n) is 7.01. The van der Waals surface area contributed by atoms with E-state index in [4.69, 9.17) is 5.73 Å². The molecule has 2 heterocycles. The van der Waals surface area contributed by atoms with E-state index in [9.17, 15) is 4.39 Å². The number of fused-ring (bicyclic) bond motifs is 1. The maximum atomic E-state index is 13.2. The van der Waals surface area contributed by atoms with Crippen LogP contribution in [0.25, 0.3) is 11.0 Å². The van der Waals surface area contributed by atoms with Crippen molar-refractivity contribution in [2.75, 3.05) is 29.0 Å². The molecule has 0 saturated heterocycles. The average Bonchev–Trinajstić information content (AvgIpc) is 3.22. The Bertz CT molecular complexity index is 1120. The zero-order chi connectivity index (χ0) is 20.9. The lowest BCUT2D eigenvalue weighted by molar-refractivity contribution is 0.626. The molecule has 0 radical (unpaired) electrons. The van der Waals surface area contributed by atoms with Crippen LogP contribution in [0.5, 0.6) is 0 Å². The number of H-pyrrole nitrogens is 1. The van der Waals surface area contributed by atoms with E-state index in [1.165, 1.54) is 23.4 Å². The number of para-hydroxylation sites is 1. The third kappa shape index (κ3) is 4.32. The summed E-state index contributed by atoms with van der Waals surface area (Å²) in [6, 6.07) is 15.0. The Kier molecular flexibility index (Phi) is 5.74. The van der Waals surface area contributed by atoms with E-state index in [1.807, 2.05) is 24.3 Å². The number of hydrogen-bond donors (Lipinski definition) is 3. The summed E-state index contributed by atoms with van der Waals surface area (Å²) in [7, 11) is 0. The van der Waals surface area contributed by atoms with Crippen LogP contribution in [0.1, 0.15) is 18.1 Å². The van der Waals surface area contributed by atoms with Gasteiger partial charge in [0.25, 0.3) is 0 Å². The van der Waals surface area contributed by atoms with Crippen molar-refractivity contribution in [2.24, 2.45) is 0 Å². The first kappa shape index (κ1) is 19.6. The number of benzene rings is 2. The Balaban J connectivity index is 1.48. The van der Waals surface area contributed by atoms with Crippen molar-refractivity contribution in [3.8, 4) is 0 Å². The predicted octanol–water partition coefficient (Wildman–Crippen LogP) is 3.76. The highest BCUT2D eigenvalue weighted by Crippen LogP contribution is 2.24. The fraction of sp³-hybridized carbons (Fsp3) is 0.227. The van der Waals surface area contributed by atoms with Gasteiger partial charge < -0.3 is 16.0 Å². The minimum Gasteiger partial charge on any atom is -0.369 e. The van der Waals surface area contributed by atoms with Crippen molar-refractivity contribution in [3.05, 3.63) is 71.7 Å². The van der Waals surface area contributed by atoms with Crippen LogP contribution in [0.2, 0.25) is 0 Å². The number of halogens is 1. The molecule has 30 heavy (non-hydrogen) atoms. The average molecular weight is 405 g/mol. The SMILES string of the molecule is CCN(Cc1ccc(F)cc1)c1ccccc1CCNc1nc(N)nc2[nH]ncc12. The molecule has 0 aliphatic heterocycles. The molecule has 4 N–H and O–H groups in total. The molecule has 7 nitrogen and oxygen atoms in total. The minimum atomic E-state index is -0.217. The van der Waals surface area contributed by atoms with Crippen molar-refractivity contribution >= 4 is 28.5 Å². The van der Waals surface area contributed by atoms with Gasteiger partial charge in [0.15, 0.2) is 5.65 Å². The molecular weight excluding hydrogens is 381 g/mol. The Morgan fingerprint density at radius 3 is 2.70 bits per heavy atom. The Morgan fingerprint density at radius 1 is 1.10 bits per heavy atom. The summed E-state index contributed by atoms with van der Waals surface area (Å²) in [5.74, 6) is 0.652. The summed E-state index contributed by atoms with van der Waals surface area (Å²) in [5, 5.41) is 11.0. The van der Waals surface area contributed by atoms with E-state index in [0.29, 0.717) is 18.0 Å². The molecule has 4 rings (SSSR count). The third-order valence-electron chi connectivity index (χ3n) is 5.01. The number of nitrogens with two attached hydrogens (primary N) is 1. The van der Waals surface area contributed by atoms with E-state index >= 15 is 0 Å². The molecule has 0 aliphatic rings. The highest BCUT2D eigenvalue weighted by Gasteiger charge is 2.12. The first-order valence-electron chi connectivity index (χ1n) is 9.92. The number of aromatic amines is 1. The lowest BCUT2D eigenvalue weighted by atomic mass is 10.1. The van der Waals surface area contributed by atoms with Crippen molar-refractivity contribution in [3.63, 3.8) is 0 Å². The zero-order valence-corrected chi connectivity index (χ0v) is 16.8. The maximum absolute atomic E-state index is 13.2. The molecule has 154 valence electrons. The molecular formula is C22H24FN7. The summed E-state index contributed by atoms with van der Waals surface area (Å²) in [5.41, 5.74) is 9.87. The second kappa shape index (κ2) is 8.77. The lowest BCUT2D eigenvalue weighted by Gasteiger charge is -2.26. The smallest absolute Gasteiger partial charge is 0.224 e. The zero-order valence-electron chi connectivity index (χ0n) is 16.8. The molecule has 0 amide bonds. The molecule has 2 aromatic carbocycles. The number of aromatic nitrogens is 4. The van der Waals surface area contributed by atoms with Gasteiger partial charge in [0.05, 0.1) is 11.6 Å². The quantitative estimate of drug-likeness (QED) is 0.413. The van der Waals surface area contributed by atoms with Gasteiger partial charge in [0, 0.05) is 25.3 Å². The maximum Gasteiger partial charge on any atom is 0.224 e. The van der Waals surface area contributed by atoms with E-state index in [0.717, 1.165) is 30.5 Å². The van der Waals surface area contributed by atoms with E-state index in [2.05, 4.69) is 49.4 Å². The summed E-state index contributed by atoms with van der Waals surface area (Å²) in [4.78, 5) is 10.7. The van der Waals surface area contributed by atoms with Crippen LogP contribution in [-0.4, -0.2) is 33.3 Å². The van der Waals surface area contributed by atoms with Crippen molar-refractivity contribution in [1.29, 1.82) is 0 Å². The second-order valence-corrected chi connectivity index (χ2v) is 7.01.